The lowest BCUT2D eigenvalue weighted by Gasteiger charge is -2.36. The molecule has 0 atom stereocenters. The average molecular weight is 350 g/mol. The summed E-state index contributed by atoms with van der Waals surface area (Å²) in [4.78, 5) is 7.07. The van der Waals surface area contributed by atoms with Crippen LogP contribution in [0, 0.1) is 11.7 Å². The number of morpholine rings is 1. The van der Waals surface area contributed by atoms with E-state index in [0.29, 0.717) is 17.3 Å². The van der Waals surface area contributed by atoms with E-state index in [0.717, 1.165) is 71.9 Å². The summed E-state index contributed by atoms with van der Waals surface area (Å²) in [6.07, 6.45) is 2.23. The Morgan fingerprint density at radius 2 is 1.92 bits per heavy atom. The summed E-state index contributed by atoms with van der Waals surface area (Å²) in [7, 11) is 2.21. The molecule has 2 fully saturated rings. The van der Waals surface area contributed by atoms with Gasteiger partial charge in [0.05, 0.1) is 18.9 Å². The summed E-state index contributed by atoms with van der Waals surface area (Å²) in [6.45, 7) is 9.03. The molecule has 2 saturated heterocycles. The number of hydrogen-bond acceptors (Lipinski definition) is 5. The van der Waals surface area contributed by atoms with Gasteiger partial charge >= 0.3 is 0 Å². The fourth-order valence-corrected chi connectivity index (χ4v) is 3.81. The minimum absolute atomic E-state index is 0.207. The van der Waals surface area contributed by atoms with E-state index in [1.54, 1.807) is 12.1 Å². The number of anilines is 2. The van der Waals surface area contributed by atoms with E-state index in [9.17, 15) is 4.39 Å². The zero-order valence-electron chi connectivity index (χ0n) is 15.3. The molecule has 0 aliphatic carbocycles. The summed E-state index contributed by atoms with van der Waals surface area (Å²) in [5, 5.41) is 0. The maximum Gasteiger partial charge on any atom is 0.148 e. The molecule has 0 unspecified atom stereocenters. The average Bonchev–Trinajstić information content (AvgIpc) is 2.62. The first kappa shape index (κ1) is 18.4. The van der Waals surface area contributed by atoms with Gasteiger partial charge in [-0.05, 0) is 44.0 Å². The second kappa shape index (κ2) is 8.83. The number of halogens is 1. The van der Waals surface area contributed by atoms with Gasteiger partial charge in [0.15, 0.2) is 0 Å². The van der Waals surface area contributed by atoms with Crippen molar-refractivity contribution in [3.63, 3.8) is 0 Å². The van der Waals surface area contributed by atoms with E-state index < -0.39 is 0 Å². The van der Waals surface area contributed by atoms with E-state index in [2.05, 4.69) is 21.7 Å². The molecule has 140 valence electrons. The number of likely N-dealkylation sites (N-methyl/N-ethyl adjacent to an activating group) is 1. The van der Waals surface area contributed by atoms with Crippen LogP contribution >= 0.6 is 0 Å². The van der Waals surface area contributed by atoms with E-state index in [4.69, 9.17) is 10.5 Å². The van der Waals surface area contributed by atoms with Crippen LogP contribution in [0.1, 0.15) is 12.8 Å². The molecule has 2 aliphatic heterocycles. The number of piperidine rings is 1. The maximum absolute atomic E-state index is 14.1. The molecule has 2 heterocycles. The molecule has 0 spiro atoms. The zero-order chi connectivity index (χ0) is 17.6. The lowest BCUT2D eigenvalue weighted by molar-refractivity contribution is 0.0337. The summed E-state index contributed by atoms with van der Waals surface area (Å²) < 4.78 is 19.5. The van der Waals surface area contributed by atoms with Crippen LogP contribution in [0.4, 0.5) is 15.8 Å². The molecule has 5 nitrogen and oxygen atoms in total. The summed E-state index contributed by atoms with van der Waals surface area (Å²) in [5.74, 6) is 0.490. The number of ether oxygens (including phenoxy) is 1. The quantitative estimate of drug-likeness (QED) is 0.794. The van der Waals surface area contributed by atoms with Crippen molar-refractivity contribution in [3.8, 4) is 0 Å². The van der Waals surface area contributed by atoms with Crippen molar-refractivity contribution >= 4 is 11.4 Å². The molecule has 0 bridgehead atoms. The van der Waals surface area contributed by atoms with Crippen LogP contribution < -0.4 is 10.6 Å². The topological polar surface area (TPSA) is 45.0 Å². The minimum Gasteiger partial charge on any atom is -0.399 e. The van der Waals surface area contributed by atoms with Crippen molar-refractivity contribution in [2.45, 2.75) is 12.8 Å². The van der Waals surface area contributed by atoms with Crippen LogP contribution in [-0.2, 0) is 4.74 Å². The molecule has 0 aromatic heterocycles. The maximum atomic E-state index is 14.1. The van der Waals surface area contributed by atoms with Gasteiger partial charge in [0.2, 0.25) is 0 Å². The Hall–Kier alpha value is -1.37. The van der Waals surface area contributed by atoms with Crippen molar-refractivity contribution in [2.75, 3.05) is 76.7 Å². The molecule has 1 aromatic carbocycles. The van der Waals surface area contributed by atoms with Gasteiger partial charge in [-0.1, -0.05) is 0 Å². The number of nitrogen functional groups attached to an aromatic ring is 1. The fourth-order valence-electron chi connectivity index (χ4n) is 3.81. The highest BCUT2D eigenvalue weighted by Crippen LogP contribution is 2.27. The lowest BCUT2D eigenvalue weighted by Crippen LogP contribution is -2.42. The largest absolute Gasteiger partial charge is 0.399 e. The van der Waals surface area contributed by atoms with Crippen LogP contribution in [-0.4, -0.2) is 75.9 Å². The summed E-state index contributed by atoms with van der Waals surface area (Å²) in [5.41, 5.74) is 6.81. The smallest absolute Gasteiger partial charge is 0.148 e. The summed E-state index contributed by atoms with van der Waals surface area (Å²) in [6, 6.07) is 5.00. The molecule has 2 aliphatic rings. The molecule has 0 amide bonds. The first-order valence-electron chi connectivity index (χ1n) is 9.40. The summed E-state index contributed by atoms with van der Waals surface area (Å²) >= 11 is 0. The second-order valence-corrected chi connectivity index (χ2v) is 7.36. The normalized spacial score (nSPS) is 20.4. The third-order valence-corrected chi connectivity index (χ3v) is 5.40. The van der Waals surface area contributed by atoms with Crippen LogP contribution in [0.15, 0.2) is 18.2 Å². The molecular weight excluding hydrogens is 319 g/mol. The standard InChI is InChI=1S/C19H31FN4O/c1-22(8-9-23-10-12-25-13-11-23)15-16-4-6-24(7-5-16)19-3-2-17(21)14-18(19)20/h2-3,14,16H,4-13,15,21H2,1H3. The monoisotopic (exact) mass is 350 g/mol. The predicted octanol–water partition coefficient (Wildman–Crippen LogP) is 1.89. The van der Waals surface area contributed by atoms with Crippen LogP contribution in [0.25, 0.3) is 0 Å². The number of benzene rings is 1. The molecule has 0 radical (unpaired) electrons. The molecule has 3 rings (SSSR count). The minimum atomic E-state index is -0.207. The Balaban J connectivity index is 1.39. The van der Waals surface area contributed by atoms with Crippen molar-refractivity contribution < 1.29 is 9.13 Å². The highest BCUT2D eigenvalue weighted by atomic mass is 19.1. The van der Waals surface area contributed by atoms with Gasteiger partial charge < -0.3 is 20.3 Å². The first-order valence-corrected chi connectivity index (χ1v) is 9.40. The number of nitrogens with two attached hydrogens (primary N) is 1. The van der Waals surface area contributed by atoms with E-state index in [1.165, 1.54) is 6.07 Å². The molecule has 25 heavy (non-hydrogen) atoms. The Morgan fingerprint density at radius 1 is 1.20 bits per heavy atom. The van der Waals surface area contributed by atoms with E-state index >= 15 is 0 Å². The Morgan fingerprint density at radius 3 is 2.60 bits per heavy atom. The van der Waals surface area contributed by atoms with Gasteiger partial charge in [0.1, 0.15) is 5.82 Å². The molecular formula is C19H31FN4O. The molecule has 1 aromatic rings. The highest BCUT2D eigenvalue weighted by Gasteiger charge is 2.22. The van der Waals surface area contributed by atoms with Crippen LogP contribution in [0.2, 0.25) is 0 Å². The molecule has 0 saturated carbocycles. The van der Waals surface area contributed by atoms with Gasteiger partial charge in [0, 0.05) is 51.5 Å². The van der Waals surface area contributed by atoms with Crippen molar-refractivity contribution in [2.24, 2.45) is 5.92 Å². The predicted molar refractivity (Wildman–Crippen MR) is 101 cm³/mol. The Labute approximate surface area is 150 Å². The van der Waals surface area contributed by atoms with Gasteiger partial charge in [-0.3, -0.25) is 4.90 Å². The first-order chi connectivity index (χ1) is 12.1. The van der Waals surface area contributed by atoms with Crippen LogP contribution in [0.5, 0.6) is 0 Å². The Bertz CT molecular complexity index is 542. The molecule has 2 N–H and O–H groups in total. The van der Waals surface area contributed by atoms with Gasteiger partial charge in [0.25, 0.3) is 0 Å². The van der Waals surface area contributed by atoms with Gasteiger partial charge in [-0.15, -0.1) is 0 Å². The van der Waals surface area contributed by atoms with Crippen molar-refractivity contribution in [1.29, 1.82) is 0 Å². The number of nitrogens with zero attached hydrogens (tertiary/aromatic N) is 3. The third kappa shape index (κ3) is 5.30. The number of hydrogen-bond donors (Lipinski definition) is 1. The number of rotatable bonds is 6. The van der Waals surface area contributed by atoms with Crippen molar-refractivity contribution in [1.82, 2.24) is 9.80 Å². The van der Waals surface area contributed by atoms with E-state index in [-0.39, 0.29) is 5.82 Å². The van der Waals surface area contributed by atoms with Crippen LogP contribution in [0.3, 0.4) is 0 Å². The fraction of sp³-hybridized carbons (Fsp3) is 0.684. The van der Waals surface area contributed by atoms with E-state index in [1.807, 2.05) is 0 Å². The second-order valence-electron chi connectivity index (χ2n) is 7.36. The van der Waals surface area contributed by atoms with Crippen molar-refractivity contribution in [3.05, 3.63) is 24.0 Å². The molecule has 6 heteroatoms. The Kier molecular flexibility index (Phi) is 6.51. The van der Waals surface area contributed by atoms with Gasteiger partial charge in [-0.2, -0.15) is 0 Å². The highest BCUT2D eigenvalue weighted by molar-refractivity contribution is 5.54. The zero-order valence-corrected chi connectivity index (χ0v) is 15.3. The SMILES string of the molecule is CN(CCN1CCOCC1)CC1CCN(c2ccc(N)cc2F)CC1. The third-order valence-electron chi connectivity index (χ3n) is 5.40. The van der Waals surface area contributed by atoms with Gasteiger partial charge in [-0.25, -0.2) is 4.39 Å². The lowest BCUT2D eigenvalue weighted by atomic mass is 9.96.